The molecule has 18 heavy (non-hydrogen) atoms. The number of imidazole rings is 1. The summed E-state index contributed by atoms with van der Waals surface area (Å²) in [6, 6.07) is 3.81. The van der Waals surface area contributed by atoms with Crippen molar-refractivity contribution >= 4 is 17.1 Å². The molecule has 0 aromatic carbocycles. The molecule has 0 bridgehead atoms. The Labute approximate surface area is 105 Å². The predicted octanol–water partition coefficient (Wildman–Crippen LogP) is 1.90. The van der Waals surface area contributed by atoms with E-state index in [1.54, 1.807) is 18.6 Å². The van der Waals surface area contributed by atoms with E-state index in [1.165, 1.54) is 13.2 Å². The van der Waals surface area contributed by atoms with Crippen LogP contribution in [0.15, 0.2) is 36.8 Å². The lowest BCUT2D eigenvalue weighted by Crippen LogP contribution is -2.23. The minimum absolute atomic E-state index is 0.370. The number of ether oxygens (including phenoxy) is 1. The summed E-state index contributed by atoms with van der Waals surface area (Å²) in [6.45, 7) is 3.97. The molecular weight excluding hydrogens is 230 g/mol. The zero-order valence-electron chi connectivity index (χ0n) is 10.6. The largest absolute Gasteiger partial charge is 0.466 e. The summed E-state index contributed by atoms with van der Waals surface area (Å²) in [7, 11) is 1.36. The van der Waals surface area contributed by atoms with Crippen LogP contribution >= 0.6 is 0 Å². The molecule has 0 aliphatic rings. The molecule has 0 aliphatic carbocycles. The van der Waals surface area contributed by atoms with E-state index in [4.69, 9.17) is 0 Å². The lowest BCUT2D eigenvalue weighted by molar-refractivity contribution is -0.134. The van der Waals surface area contributed by atoms with E-state index < -0.39 is 0 Å². The van der Waals surface area contributed by atoms with Gasteiger partial charge >= 0.3 is 5.97 Å². The van der Waals surface area contributed by atoms with Crippen LogP contribution in [0.1, 0.15) is 13.8 Å². The second-order valence-electron chi connectivity index (χ2n) is 4.47. The first-order chi connectivity index (χ1) is 8.54. The van der Waals surface area contributed by atoms with Gasteiger partial charge in [0.25, 0.3) is 0 Å². The highest BCUT2D eigenvalue weighted by molar-refractivity contribution is 5.82. The zero-order chi connectivity index (χ0) is 13.2. The van der Waals surface area contributed by atoms with Crippen LogP contribution in [-0.2, 0) is 15.1 Å². The van der Waals surface area contributed by atoms with Gasteiger partial charge in [-0.05, 0) is 26.0 Å². The number of fused-ring (bicyclic) bond motifs is 1. The average Bonchev–Trinajstić information content (AvgIpc) is 2.80. The summed E-state index contributed by atoms with van der Waals surface area (Å²) in [5.41, 5.74) is 1.24. The quantitative estimate of drug-likeness (QED) is 0.612. The van der Waals surface area contributed by atoms with Gasteiger partial charge < -0.3 is 9.30 Å². The predicted molar refractivity (Wildman–Crippen MR) is 68.0 cm³/mol. The maximum Gasteiger partial charge on any atom is 0.330 e. The SMILES string of the molecule is COC(=O)C=CC(C)(C)n1cnc2ncccc21. The number of hydrogen-bond acceptors (Lipinski definition) is 4. The van der Waals surface area contributed by atoms with E-state index in [9.17, 15) is 4.79 Å². The number of aromatic nitrogens is 3. The van der Waals surface area contributed by atoms with Crippen molar-refractivity contribution in [2.75, 3.05) is 7.11 Å². The molecule has 0 unspecified atom stereocenters. The maximum atomic E-state index is 11.1. The molecule has 2 rings (SSSR count). The van der Waals surface area contributed by atoms with E-state index >= 15 is 0 Å². The van der Waals surface area contributed by atoms with Crippen LogP contribution < -0.4 is 0 Å². The number of carbonyl (C=O) groups is 1. The van der Waals surface area contributed by atoms with Crippen LogP contribution in [0.4, 0.5) is 0 Å². The van der Waals surface area contributed by atoms with Crippen molar-refractivity contribution in [2.45, 2.75) is 19.4 Å². The Morgan fingerprint density at radius 3 is 2.94 bits per heavy atom. The van der Waals surface area contributed by atoms with E-state index in [0.717, 1.165) is 5.52 Å². The number of hydrogen-bond donors (Lipinski definition) is 0. The fourth-order valence-corrected chi connectivity index (χ4v) is 1.73. The first-order valence-electron chi connectivity index (χ1n) is 5.60. The molecule has 2 aromatic rings. The van der Waals surface area contributed by atoms with Crippen molar-refractivity contribution < 1.29 is 9.53 Å². The molecule has 0 aliphatic heterocycles. The van der Waals surface area contributed by atoms with E-state index in [0.29, 0.717) is 5.65 Å². The molecule has 2 heterocycles. The Morgan fingerprint density at radius 1 is 1.44 bits per heavy atom. The fraction of sp³-hybridized carbons (Fsp3) is 0.308. The van der Waals surface area contributed by atoms with Crippen LogP contribution in [-0.4, -0.2) is 27.6 Å². The number of esters is 1. The molecule has 0 saturated carbocycles. The summed E-state index contributed by atoms with van der Waals surface area (Å²) >= 11 is 0. The average molecular weight is 245 g/mol. The number of rotatable bonds is 3. The summed E-state index contributed by atoms with van der Waals surface area (Å²) in [6.07, 6.45) is 6.63. The third-order valence-electron chi connectivity index (χ3n) is 2.77. The molecule has 0 N–H and O–H groups in total. The van der Waals surface area contributed by atoms with Gasteiger partial charge in [-0.2, -0.15) is 0 Å². The third kappa shape index (κ3) is 2.25. The van der Waals surface area contributed by atoms with Crippen LogP contribution in [0.2, 0.25) is 0 Å². The van der Waals surface area contributed by atoms with E-state index in [1.807, 2.05) is 30.5 Å². The van der Waals surface area contributed by atoms with E-state index in [2.05, 4.69) is 14.7 Å². The highest BCUT2D eigenvalue weighted by Crippen LogP contribution is 2.22. The maximum absolute atomic E-state index is 11.1. The molecule has 5 heteroatoms. The molecule has 94 valence electrons. The summed E-state index contributed by atoms with van der Waals surface area (Å²) < 4.78 is 6.55. The van der Waals surface area contributed by atoms with Crippen LogP contribution in [0, 0.1) is 0 Å². The standard InChI is InChI=1S/C13H15N3O2/c1-13(2,7-6-11(17)18-3)16-9-15-12-10(16)5-4-8-14-12/h4-9H,1-3H3. The molecule has 0 amide bonds. The number of pyridine rings is 1. The van der Waals surface area contributed by atoms with Crippen molar-refractivity contribution in [3.05, 3.63) is 36.8 Å². The monoisotopic (exact) mass is 245 g/mol. The fourth-order valence-electron chi connectivity index (χ4n) is 1.73. The van der Waals surface area contributed by atoms with Gasteiger partial charge in [0.05, 0.1) is 24.5 Å². The van der Waals surface area contributed by atoms with Crippen LogP contribution in [0.25, 0.3) is 11.2 Å². The number of allylic oxidation sites excluding steroid dienone is 1. The Bertz CT molecular complexity index is 599. The topological polar surface area (TPSA) is 57.0 Å². The van der Waals surface area contributed by atoms with E-state index in [-0.39, 0.29) is 11.5 Å². The molecule has 0 radical (unpaired) electrons. The highest BCUT2D eigenvalue weighted by Gasteiger charge is 2.19. The molecule has 0 spiro atoms. The molecular formula is C13H15N3O2. The summed E-state index contributed by atoms with van der Waals surface area (Å²) in [5, 5.41) is 0. The number of nitrogens with zero attached hydrogens (tertiary/aromatic N) is 3. The lowest BCUT2D eigenvalue weighted by Gasteiger charge is -2.23. The molecule has 0 saturated heterocycles. The molecule has 0 fully saturated rings. The minimum atomic E-state index is -0.383. The van der Waals surface area contributed by atoms with Crippen molar-refractivity contribution in [1.82, 2.24) is 14.5 Å². The highest BCUT2D eigenvalue weighted by atomic mass is 16.5. The zero-order valence-corrected chi connectivity index (χ0v) is 10.6. The van der Waals surface area contributed by atoms with Crippen molar-refractivity contribution in [2.24, 2.45) is 0 Å². The Hall–Kier alpha value is -2.17. The van der Waals surface area contributed by atoms with Gasteiger partial charge in [-0.1, -0.05) is 6.08 Å². The second-order valence-corrected chi connectivity index (χ2v) is 4.47. The van der Waals surface area contributed by atoms with Gasteiger partial charge in [0.15, 0.2) is 5.65 Å². The van der Waals surface area contributed by atoms with Gasteiger partial charge in [0.2, 0.25) is 0 Å². The normalized spacial score (nSPS) is 12.2. The Morgan fingerprint density at radius 2 is 2.22 bits per heavy atom. The van der Waals surface area contributed by atoms with Crippen molar-refractivity contribution in [3.8, 4) is 0 Å². The Balaban J connectivity index is 2.40. The van der Waals surface area contributed by atoms with Gasteiger partial charge in [0, 0.05) is 12.3 Å². The Kier molecular flexibility index (Phi) is 3.14. The molecule has 2 aromatic heterocycles. The smallest absolute Gasteiger partial charge is 0.330 e. The van der Waals surface area contributed by atoms with Gasteiger partial charge in [-0.15, -0.1) is 0 Å². The first kappa shape index (κ1) is 12.3. The molecule has 5 nitrogen and oxygen atoms in total. The van der Waals surface area contributed by atoms with Crippen LogP contribution in [0.3, 0.4) is 0 Å². The number of carbonyl (C=O) groups excluding carboxylic acids is 1. The molecule has 0 atom stereocenters. The number of methoxy groups -OCH3 is 1. The second kappa shape index (κ2) is 4.60. The van der Waals surface area contributed by atoms with Crippen LogP contribution in [0.5, 0.6) is 0 Å². The minimum Gasteiger partial charge on any atom is -0.466 e. The summed E-state index contributed by atoms with van der Waals surface area (Å²) in [5.74, 6) is -0.370. The lowest BCUT2D eigenvalue weighted by atomic mass is 10.0. The third-order valence-corrected chi connectivity index (χ3v) is 2.77. The summed E-state index contributed by atoms with van der Waals surface area (Å²) in [4.78, 5) is 19.6. The van der Waals surface area contributed by atoms with Gasteiger partial charge in [-0.3, -0.25) is 0 Å². The van der Waals surface area contributed by atoms with Gasteiger partial charge in [0.1, 0.15) is 0 Å². The van der Waals surface area contributed by atoms with Crippen molar-refractivity contribution in [1.29, 1.82) is 0 Å². The van der Waals surface area contributed by atoms with Crippen molar-refractivity contribution in [3.63, 3.8) is 0 Å². The first-order valence-corrected chi connectivity index (χ1v) is 5.60. The van der Waals surface area contributed by atoms with Gasteiger partial charge in [-0.25, -0.2) is 14.8 Å².